The number of rotatable bonds is 6. The summed E-state index contributed by atoms with van der Waals surface area (Å²) in [6, 6.07) is 8.29. The van der Waals surface area contributed by atoms with Crippen molar-refractivity contribution in [3.63, 3.8) is 0 Å². The number of ether oxygens (including phenoxy) is 1. The summed E-state index contributed by atoms with van der Waals surface area (Å²) in [6.45, 7) is 2.73. The molecule has 1 aliphatic rings. The molecule has 0 spiro atoms. The number of carboxylic acid groups (broad SMARTS) is 1. The number of hydrogen-bond acceptors (Lipinski definition) is 3. The molecule has 1 aromatic carbocycles. The smallest absolute Gasteiger partial charge is 0.304 e. The highest BCUT2D eigenvalue weighted by Crippen LogP contribution is 2.22. The molecule has 1 fully saturated rings. The zero-order valence-corrected chi connectivity index (χ0v) is 12.0. The van der Waals surface area contributed by atoms with Crippen molar-refractivity contribution in [1.82, 2.24) is 4.90 Å². The summed E-state index contributed by atoms with van der Waals surface area (Å²) in [5.74, 6) is 0.909. The Kier molecular flexibility index (Phi) is 5.41. The van der Waals surface area contributed by atoms with Gasteiger partial charge in [0, 0.05) is 6.54 Å². The standard InChI is InChI=1S/C16H23NO3/c1-20-15-4-2-13(3-5-15)12-14-6-9-17(10-7-14)11-8-16(18)19/h2-5,14H,6-12H2,1H3,(H,18,19). The third kappa shape index (κ3) is 4.53. The van der Waals surface area contributed by atoms with Crippen molar-refractivity contribution in [3.05, 3.63) is 29.8 Å². The quantitative estimate of drug-likeness (QED) is 0.867. The van der Waals surface area contributed by atoms with Crippen LogP contribution in [0, 0.1) is 5.92 Å². The van der Waals surface area contributed by atoms with Gasteiger partial charge in [0.1, 0.15) is 5.75 Å². The molecule has 110 valence electrons. The molecule has 4 nitrogen and oxygen atoms in total. The highest BCUT2D eigenvalue weighted by molar-refractivity contribution is 5.66. The zero-order valence-electron chi connectivity index (χ0n) is 12.0. The Balaban J connectivity index is 1.74. The van der Waals surface area contributed by atoms with E-state index in [2.05, 4.69) is 17.0 Å². The summed E-state index contributed by atoms with van der Waals surface area (Å²) >= 11 is 0. The average molecular weight is 277 g/mol. The van der Waals surface area contributed by atoms with Crippen LogP contribution in [0.1, 0.15) is 24.8 Å². The van der Waals surface area contributed by atoms with Gasteiger partial charge in [-0.15, -0.1) is 0 Å². The summed E-state index contributed by atoms with van der Waals surface area (Å²) in [4.78, 5) is 12.8. The lowest BCUT2D eigenvalue weighted by molar-refractivity contribution is -0.137. The summed E-state index contributed by atoms with van der Waals surface area (Å²) in [7, 11) is 1.68. The lowest BCUT2D eigenvalue weighted by Crippen LogP contribution is -2.35. The summed E-state index contributed by atoms with van der Waals surface area (Å²) in [5, 5.41) is 8.70. The van der Waals surface area contributed by atoms with E-state index in [1.165, 1.54) is 5.56 Å². The van der Waals surface area contributed by atoms with Gasteiger partial charge in [-0.3, -0.25) is 4.79 Å². The summed E-state index contributed by atoms with van der Waals surface area (Å²) in [5.41, 5.74) is 1.36. The largest absolute Gasteiger partial charge is 0.497 e. The van der Waals surface area contributed by atoms with Crippen LogP contribution in [0.25, 0.3) is 0 Å². The number of aliphatic carboxylic acids is 1. The van der Waals surface area contributed by atoms with Crippen molar-refractivity contribution in [3.8, 4) is 5.75 Å². The van der Waals surface area contributed by atoms with Crippen LogP contribution in [-0.4, -0.2) is 42.7 Å². The van der Waals surface area contributed by atoms with Gasteiger partial charge in [-0.05, 0) is 56.0 Å². The van der Waals surface area contributed by atoms with Crippen molar-refractivity contribution in [2.45, 2.75) is 25.7 Å². The van der Waals surface area contributed by atoms with Crippen molar-refractivity contribution < 1.29 is 14.6 Å². The predicted octanol–water partition coefficient (Wildman–Crippen LogP) is 2.42. The first-order valence-corrected chi connectivity index (χ1v) is 7.24. The SMILES string of the molecule is COc1ccc(CC2CCN(CCC(=O)O)CC2)cc1. The van der Waals surface area contributed by atoms with Gasteiger partial charge in [0.05, 0.1) is 13.5 Å². The molecule has 2 rings (SSSR count). The molecule has 1 aliphatic heterocycles. The molecule has 0 aliphatic carbocycles. The molecule has 0 bridgehead atoms. The number of hydrogen-bond donors (Lipinski definition) is 1. The summed E-state index contributed by atoms with van der Waals surface area (Å²) < 4.78 is 5.16. The Morgan fingerprint density at radius 3 is 2.50 bits per heavy atom. The van der Waals surface area contributed by atoms with Crippen molar-refractivity contribution in [1.29, 1.82) is 0 Å². The van der Waals surface area contributed by atoms with E-state index in [1.54, 1.807) is 7.11 Å². The minimum atomic E-state index is -0.703. The molecule has 0 aromatic heterocycles. The van der Waals surface area contributed by atoms with Gasteiger partial charge in [0.25, 0.3) is 0 Å². The van der Waals surface area contributed by atoms with Gasteiger partial charge < -0.3 is 14.7 Å². The van der Waals surface area contributed by atoms with Crippen LogP contribution in [0.4, 0.5) is 0 Å². The molecule has 1 aromatic rings. The van der Waals surface area contributed by atoms with Gasteiger partial charge in [0.2, 0.25) is 0 Å². The average Bonchev–Trinajstić information content (AvgIpc) is 2.47. The molecule has 0 saturated carbocycles. The molecule has 0 radical (unpaired) electrons. The van der Waals surface area contributed by atoms with E-state index in [-0.39, 0.29) is 6.42 Å². The Labute approximate surface area is 120 Å². The van der Waals surface area contributed by atoms with Crippen molar-refractivity contribution in [2.75, 3.05) is 26.7 Å². The second-order valence-electron chi connectivity index (χ2n) is 5.48. The van der Waals surface area contributed by atoms with E-state index in [9.17, 15) is 4.79 Å². The van der Waals surface area contributed by atoms with Crippen LogP contribution in [0.5, 0.6) is 5.75 Å². The highest BCUT2D eigenvalue weighted by Gasteiger charge is 2.19. The number of methoxy groups -OCH3 is 1. The van der Waals surface area contributed by atoms with Crippen LogP contribution < -0.4 is 4.74 Å². The van der Waals surface area contributed by atoms with Gasteiger partial charge in [-0.25, -0.2) is 0 Å². The van der Waals surface area contributed by atoms with Crippen LogP contribution in [0.15, 0.2) is 24.3 Å². The second-order valence-corrected chi connectivity index (χ2v) is 5.48. The minimum absolute atomic E-state index is 0.253. The van der Waals surface area contributed by atoms with E-state index in [0.29, 0.717) is 12.5 Å². The lowest BCUT2D eigenvalue weighted by Gasteiger charge is -2.31. The van der Waals surface area contributed by atoms with Crippen LogP contribution in [0.3, 0.4) is 0 Å². The number of likely N-dealkylation sites (tertiary alicyclic amines) is 1. The maximum atomic E-state index is 10.6. The zero-order chi connectivity index (χ0) is 14.4. The van der Waals surface area contributed by atoms with Gasteiger partial charge in [0.15, 0.2) is 0 Å². The topological polar surface area (TPSA) is 49.8 Å². The molecule has 1 saturated heterocycles. The fraction of sp³-hybridized carbons (Fsp3) is 0.562. The van der Waals surface area contributed by atoms with Crippen molar-refractivity contribution >= 4 is 5.97 Å². The van der Waals surface area contributed by atoms with E-state index >= 15 is 0 Å². The normalized spacial score (nSPS) is 17.1. The fourth-order valence-electron chi connectivity index (χ4n) is 2.76. The van der Waals surface area contributed by atoms with Crippen LogP contribution >= 0.6 is 0 Å². The Bertz CT molecular complexity index is 422. The second kappa shape index (κ2) is 7.29. The molecular weight excluding hydrogens is 254 g/mol. The van der Waals surface area contributed by atoms with Gasteiger partial charge in [-0.1, -0.05) is 12.1 Å². The molecular formula is C16H23NO3. The lowest BCUT2D eigenvalue weighted by atomic mass is 9.90. The highest BCUT2D eigenvalue weighted by atomic mass is 16.5. The Morgan fingerprint density at radius 1 is 1.30 bits per heavy atom. The molecule has 1 N–H and O–H groups in total. The number of carboxylic acids is 1. The number of benzene rings is 1. The predicted molar refractivity (Wildman–Crippen MR) is 78.1 cm³/mol. The molecule has 0 unspecified atom stereocenters. The summed E-state index contributed by atoms with van der Waals surface area (Å²) in [6.07, 6.45) is 3.68. The third-order valence-electron chi connectivity index (χ3n) is 4.03. The van der Waals surface area contributed by atoms with E-state index in [0.717, 1.165) is 38.1 Å². The molecule has 0 atom stereocenters. The number of piperidine rings is 1. The minimum Gasteiger partial charge on any atom is -0.497 e. The third-order valence-corrected chi connectivity index (χ3v) is 4.03. The Morgan fingerprint density at radius 2 is 1.95 bits per heavy atom. The monoisotopic (exact) mass is 277 g/mol. The number of nitrogens with zero attached hydrogens (tertiary/aromatic N) is 1. The first kappa shape index (κ1) is 14.9. The van der Waals surface area contributed by atoms with Gasteiger partial charge >= 0.3 is 5.97 Å². The molecule has 20 heavy (non-hydrogen) atoms. The van der Waals surface area contributed by atoms with E-state index in [4.69, 9.17) is 9.84 Å². The molecule has 4 heteroatoms. The maximum Gasteiger partial charge on any atom is 0.304 e. The molecule has 1 heterocycles. The number of carbonyl (C=O) groups is 1. The Hall–Kier alpha value is -1.55. The van der Waals surface area contributed by atoms with E-state index < -0.39 is 5.97 Å². The van der Waals surface area contributed by atoms with Crippen LogP contribution in [0.2, 0.25) is 0 Å². The fourth-order valence-corrected chi connectivity index (χ4v) is 2.76. The first-order chi connectivity index (χ1) is 9.67. The van der Waals surface area contributed by atoms with E-state index in [1.807, 2.05) is 12.1 Å². The van der Waals surface area contributed by atoms with Crippen LogP contribution in [-0.2, 0) is 11.2 Å². The van der Waals surface area contributed by atoms with Crippen molar-refractivity contribution in [2.24, 2.45) is 5.92 Å². The van der Waals surface area contributed by atoms with Gasteiger partial charge in [-0.2, -0.15) is 0 Å². The maximum absolute atomic E-state index is 10.6. The first-order valence-electron chi connectivity index (χ1n) is 7.24. The molecule has 0 amide bonds.